The zero-order valence-electron chi connectivity index (χ0n) is 18.2. The molecule has 162 valence electrons. The number of rotatable bonds is 5. The molecule has 1 aliphatic rings. The number of hydrogen-bond donors (Lipinski definition) is 0. The number of anilines is 1. The minimum absolute atomic E-state index is 0.244. The van der Waals surface area contributed by atoms with Gasteiger partial charge in [-0.25, -0.2) is 9.37 Å². The molecule has 0 saturated carbocycles. The van der Waals surface area contributed by atoms with Crippen LogP contribution in [0.1, 0.15) is 11.3 Å². The molecule has 3 heterocycles. The van der Waals surface area contributed by atoms with E-state index in [1.165, 1.54) is 17.7 Å². The molecule has 4 aromatic rings. The summed E-state index contributed by atoms with van der Waals surface area (Å²) in [4.78, 5) is 9.58. The summed E-state index contributed by atoms with van der Waals surface area (Å²) in [5.41, 5.74) is 4.82. The Bertz CT molecular complexity index is 1220. The quantitative estimate of drug-likeness (QED) is 0.463. The van der Waals surface area contributed by atoms with Crippen molar-refractivity contribution in [1.29, 1.82) is 0 Å². The number of aryl methyl sites for hydroxylation is 1. The normalized spacial score (nSPS) is 15.1. The number of aromatic nitrogens is 3. The summed E-state index contributed by atoms with van der Waals surface area (Å²) in [6, 6.07) is 19.0. The highest BCUT2D eigenvalue weighted by Gasteiger charge is 2.21. The Balaban J connectivity index is 1.31. The van der Waals surface area contributed by atoms with Crippen LogP contribution < -0.4 is 4.90 Å². The molecule has 32 heavy (non-hydrogen) atoms. The van der Waals surface area contributed by atoms with E-state index in [0.717, 1.165) is 61.0 Å². The summed E-state index contributed by atoms with van der Waals surface area (Å²) in [6.07, 6.45) is 6.24. The fourth-order valence-corrected chi connectivity index (χ4v) is 4.18. The summed E-state index contributed by atoms with van der Waals surface area (Å²) in [5, 5.41) is 4.63. The van der Waals surface area contributed by atoms with Gasteiger partial charge in [0.1, 0.15) is 11.6 Å². The molecule has 2 aromatic carbocycles. The third kappa shape index (κ3) is 4.27. The number of nitrogens with zero attached hydrogens (tertiary/aromatic N) is 5. The zero-order chi connectivity index (χ0) is 21.9. The van der Waals surface area contributed by atoms with Crippen LogP contribution >= 0.6 is 0 Å². The maximum absolute atomic E-state index is 13.4. The fourth-order valence-electron chi connectivity index (χ4n) is 4.18. The van der Waals surface area contributed by atoms with Gasteiger partial charge in [0.05, 0.1) is 6.20 Å². The number of fused-ring (bicyclic) bond motifs is 1. The van der Waals surface area contributed by atoms with Crippen LogP contribution in [-0.4, -0.2) is 52.2 Å². The van der Waals surface area contributed by atoms with Gasteiger partial charge in [0.15, 0.2) is 5.65 Å². The average molecular weight is 428 g/mol. The van der Waals surface area contributed by atoms with Crippen molar-refractivity contribution in [2.75, 3.05) is 37.6 Å². The average Bonchev–Trinajstić information content (AvgIpc) is 3.24. The highest BCUT2D eigenvalue weighted by molar-refractivity contribution is 5.78. The Hall–Kier alpha value is -3.51. The van der Waals surface area contributed by atoms with Gasteiger partial charge >= 0.3 is 0 Å². The molecule has 1 fully saturated rings. The molecule has 6 heteroatoms. The van der Waals surface area contributed by atoms with Crippen molar-refractivity contribution in [2.45, 2.75) is 6.92 Å². The first-order valence-electron chi connectivity index (χ1n) is 11.0. The first kappa shape index (κ1) is 20.4. The Morgan fingerprint density at radius 2 is 1.72 bits per heavy atom. The van der Waals surface area contributed by atoms with Gasteiger partial charge in [0.25, 0.3) is 0 Å². The van der Waals surface area contributed by atoms with Crippen LogP contribution in [0.4, 0.5) is 10.2 Å². The zero-order valence-corrected chi connectivity index (χ0v) is 18.2. The van der Waals surface area contributed by atoms with Gasteiger partial charge in [-0.2, -0.15) is 9.61 Å². The number of halogens is 1. The lowest BCUT2D eigenvalue weighted by atomic mass is 10.1. The second-order valence-corrected chi connectivity index (χ2v) is 8.16. The van der Waals surface area contributed by atoms with E-state index in [2.05, 4.69) is 57.4 Å². The van der Waals surface area contributed by atoms with Gasteiger partial charge in [-0.1, -0.05) is 54.6 Å². The molecule has 0 unspecified atom stereocenters. The fraction of sp³-hybridized carbons (Fsp3) is 0.231. The van der Waals surface area contributed by atoms with E-state index < -0.39 is 0 Å². The molecule has 0 radical (unpaired) electrons. The Morgan fingerprint density at radius 1 is 0.969 bits per heavy atom. The van der Waals surface area contributed by atoms with Crippen LogP contribution in [-0.2, 0) is 0 Å². The summed E-state index contributed by atoms with van der Waals surface area (Å²) < 4.78 is 15.3. The van der Waals surface area contributed by atoms with Crippen LogP contribution in [0.5, 0.6) is 0 Å². The topological polar surface area (TPSA) is 36.7 Å². The van der Waals surface area contributed by atoms with E-state index in [4.69, 9.17) is 4.98 Å². The van der Waals surface area contributed by atoms with Crippen molar-refractivity contribution in [3.63, 3.8) is 0 Å². The van der Waals surface area contributed by atoms with E-state index in [9.17, 15) is 4.39 Å². The van der Waals surface area contributed by atoms with Gasteiger partial charge < -0.3 is 4.90 Å². The van der Waals surface area contributed by atoms with Gasteiger partial charge in [-0.05, 0) is 30.2 Å². The van der Waals surface area contributed by atoms with Gasteiger partial charge in [0.2, 0.25) is 0 Å². The molecular formula is C26H26FN5. The van der Waals surface area contributed by atoms with E-state index in [-0.39, 0.29) is 5.82 Å². The van der Waals surface area contributed by atoms with Crippen LogP contribution in [0.3, 0.4) is 0 Å². The molecule has 1 saturated heterocycles. The smallest absolute Gasteiger partial charge is 0.165 e. The molecule has 0 spiro atoms. The van der Waals surface area contributed by atoms with Crippen molar-refractivity contribution in [3.8, 4) is 11.1 Å². The first-order chi connectivity index (χ1) is 15.7. The lowest BCUT2D eigenvalue weighted by Gasteiger charge is -2.35. The van der Waals surface area contributed by atoms with Crippen molar-refractivity contribution in [1.82, 2.24) is 19.5 Å². The molecule has 5 nitrogen and oxygen atoms in total. The molecule has 0 bridgehead atoms. The molecule has 5 rings (SSSR count). The molecule has 2 aromatic heterocycles. The van der Waals surface area contributed by atoms with Gasteiger partial charge in [0, 0.05) is 50.0 Å². The minimum Gasteiger partial charge on any atom is -0.354 e. The van der Waals surface area contributed by atoms with Crippen molar-refractivity contribution < 1.29 is 4.39 Å². The molecule has 0 atom stereocenters. The predicted molar refractivity (Wildman–Crippen MR) is 127 cm³/mol. The third-order valence-corrected chi connectivity index (χ3v) is 5.91. The molecule has 1 aliphatic heterocycles. The molecular weight excluding hydrogens is 401 g/mol. The summed E-state index contributed by atoms with van der Waals surface area (Å²) in [6.45, 7) is 6.81. The lowest BCUT2D eigenvalue weighted by molar-refractivity contribution is 0.283. The minimum atomic E-state index is -0.244. The largest absolute Gasteiger partial charge is 0.354 e. The van der Waals surface area contributed by atoms with E-state index >= 15 is 0 Å². The SMILES string of the molecule is Cc1cc(N2CCN(C/C=C/c3ccccc3)CC2)n2ncc(-c3ccc(F)cc3)c2n1. The Kier molecular flexibility index (Phi) is 5.69. The second kappa shape index (κ2) is 8.93. The van der Waals surface area contributed by atoms with Crippen LogP contribution in [0.25, 0.3) is 22.9 Å². The van der Waals surface area contributed by atoms with Crippen molar-refractivity contribution >= 4 is 17.5 Å². The highest BCUT2D eigenvalue weighted by atomic mass is 19.1. The Morgan fingerprint density at radius 3 is 2.47 bits per heavy atom. The molecule has 0 aliphatic carbocycles. The van der Waals surface area contributed by atoms with Crippen molar-refractivity contribution in [3.05, 3.63) is 90.0 Å². The Labute approximate surface area is 187 Å². The maximum atomic E-state index is 13.4. The lowest BCUT2D eigenvalue weighted by Crippen LogP contribution is -2.47. The van der Waals surface area contributed by atoms with Gasteiger partial charge in [-0.15, -0.1) is 0 Å². The van der Waals surface area contributed by atoms with Crippen LogP contribution in [0, 0.1) is 12.7 Å². The summed E-state index contributed by atoms with van der Waals surface area (Å²) >= 11 is 0. The number of hydrogen-bond acceptors (Lipinski definition) is 4. The van der Waals surface area contributed by atoms with Gasteiger partial charge in [-0.3, -0.25) is 4.90 Å². The monoisotopic (exact) mass is 427 g/mol. The number of piperazine rings is 1. The maximum Gasteiger partial charge on any atom is 0.165 e. The highest BCUT2D eigenvalue weighted by Crippen LogP contribution is 2.27. The summed E-state index contributed by atoms with van der Waals surface area (Å²) in [5.74, 6) is 0.812. The predicted octanol–water partition coefficient (Wildman–Crippen LogP) is 4.68. The van der Waals surface area contributed by atoms with Crippen molar-refractivity contribution in [2.24, 2.45) is 0 Å². The summed E-state index contributed by atoms with van der Waals surface area (Å²) in [7, 11) is 0. The third-order valence-electron chi connectivity index (χ3n) is 5.91. The van der Waals surface area contributed by atoms with Crippen LogP contribution in [0.2, 0.25) is 0 Å². The first-order valence-corrected chi connectivity index (χ1v) is 11.0. The van der Waals surface area contributed by atoms with E-state index in [1.807, 2.05) is 23.7 Å². The van der Waals surface area contributed by atoms with Crippen LogP contribution in [0.15, 0.2) is 72.9 Å². The molecule has 0 N–H and O–H groups in total. The van der Waals surface area contributed by atoms with E-state index in [0.29, 0.717) is 0 Å². The molecule has 0 amide bonds. The number of benzene rings is 2. The standard InChI is InChI=1S/C26H26FN5/c1-20-18-25(32-26(29-20)24(19-28-32)22-9-11-23(27)12-10-22)31-16-14-30(15-17-31)13-5-8-21-6-3-2-4-7-21/h2-12,18-19H,13-17H2,1H3/b8-5+. The second-order valence-electron chi connectivity index (χ2n) is 8.16. The van der Waals surface area contributed by atoms with E-state index in [1.54, 1.807) is 12.1 Å².